The lowest BCUT2D eigenvalue weighted by atomic mass is 9.84. The molecule has 1 atom stereocenters. The summed E-state index contributed by atoms with van der Waals surface area (Å²) in [6.45, 7) is 4.58. The van der Waals surface area contributed by atoms with Crippen LogP contribution in [-0.2, 0) is 15.1 Å². The summed E-state index contributed by atoms with van der Waals surface area (Å²) < 4.78 is 11.0. The Hall–Kier alpha value is -2.12. The van der Waals surface area contributed by atoms with Crippen molar-refractivity contribution in [2.24, 2.45) is 0 Å². The van der Waals surface area contributed by atoms with Crippen LogP contribution in [0.2, 0.25) is 0 Å². The van der Waals surface area contributed by atoms with Gasteiger partial charge in [0.15, 0.2) is 5.54 Å². The number of hydrogen-bond donors (Lipinski definition) is 1. The van der Waals surface area contributed by atoms with Gasteiger partial charge in [0.1, 0.15) is 5.75 Å². The molecule has 24 heavy (non-hydrogen) atoms. The molecule has 4 rings (SSSR count). The smallest absolute Gasteiger partial charge is 0.325 e. The van der Waals surface area contributed by atoms with E-state index in [1.54, 1.807) is 0 Å². The van der Waals surface area contributed by atoms with E-state index in [0.29, 0.717) is 45.1 Å². The highest BCUT2D eigenvalue weighted by atomic mass is 16.5. The summed E-state index contributed by atoms with van der Waals surface area (Å²) in [5, 5.41) is 2.93. The molecule has 1 N–H and O–H groups in total. The summed E-state index contributed by atoms with van der Waals surface area (Å²) in [5.74, 6) is 0.504. The quantitative estimate of drug-likeness (QED) is 0.819. The molecule has 0 bridgehead atoms. The number of nitrogens with zero attached hydrogens (tertiary/aromatic N) is 2. The fraction of sp³-hybridized carbons (Fsp3) is 0.529. The van der Waals surface area contributed by atoms with Gasteiger partial charge in [-0.15, -0.1) is 0 Å². The zero-order chi connectivity index (χ0) is 16.6. The molecule has 2 fully saturated rings. The summed E-state index contributed by atoms with van der Waals surface area (Å²) in [7, 11) is 0. The van der Waals surface area contributed by atoms with Crippen molar-refractivity contribution in [2.45, 2.75) is 12.0 Å². The van der Waals surface area contributed by atoms with E-state index in [1.807, 2.05) is 24.3 Å². The molecular weight excluding hydrogens is 310 g/mol. The molecule has 7 heteroatoms. The van der Waals surface area contributed by atoms with Gasteiger partial charge in [0.25, 0.3) is 5.91 Å². The van der Waals surface area contributed by atoms with Crippen LogP contribution in [0.1, 0.15) is 12.0 Å². The van der Waals surface area contributed by atoms with E-state index in [2.05, 4.69) is 10.2 Å². The summed E-state index contributed by atoms with van der Waals surface area (Å²) >= 11 is 0. The largest absolute Gasteiger partial charge is 0.493 e. The molecule has 3 amide bonds. The number of rotatable bonds is 3. The Morgan fingerprint density at radius 1 is 1.08 bits per heavy atom. The Balaban J connectivity index is 1.53. The molecule has 128 valence electrons. The van der Waals surface area contributed by atoms with Gasteiger partial charge >= 0.3 is 6.03 Å². The number of carbonyl (C=O) groups excluding carboxylic acids is 2. The lowest BCUT2D eigenvalue weighted by molar-refractivity contribution is -0.132. The second-order valence-corrected chi connectivity index (χ2v) is 6.34. The minimum absolute atomic E-state index is 0.170. The Morgan fingerprint density at radius 3 is 2.71 bits per heavy atom. The average molecular weight is 331 g/mol. The number of carbonyl (C=O) groups is 2. The molecule has 1 spiro atoms. The lowest BCUT2D eigenvalue weighted by Crippen LogP contribution is -2.48. The van der Waals surface area contributed by atoms with E-state index in [-0.39, 0.29) is 11.9 Å². The molecule has 3 aliphatic rings. The molecule has 0 saturated carbocycles. The van der Waals surface area contributed by atoms with E-state index >= 15 is 0 Å². The van der Waals surface area contributed by atoms with Crippen molar-refractivity contribution in [3.8, 4) is 5.75 Å². The number of urea groups is 1. The average Bonchev–Trinajstić information content (AvgIpc) is 2.85. The molecule has 0 unspecified atom stereocenters. The van der Waals surface area contributed by atoms with Crippen molar-refractivity contribution in [2.75, 3.05) is 46.0 Å². The minimum atomic E-state index is -0.975. The van der Waals surface area contributed by atoms with Crippen LogP contribution in [0.4, 0.5) is 4.79 Å². The van der Waals surface area contributed by atoms with Gasteiger partial charge in [0, 0.05) is 38.2 Å². The Morgan fingerprint density at radius 2 is 1.88 bits per heavy atom. The van der Waals surface area contributed by atoms with E-state index in [4.69, 9.17) is 9.47 Å². The summed E-state index contributed by atoms with van der Waals surface area (Å²) in [4.78, 5) is 29.1. The third-order valence-corrected chi connectivity index (χ3v) is 5.00. The molecule has 0 aromatic heterocycles. The maximum atomic E-state index is 13.1. The summed E-state index contributed by atoms with van der Waals surface area (Å²) in [6.07, 6.45) is 0.461. The zero-order valence-electron chi connectivity index (χ0n) is 13.5. The van der Waals surface area contributed by atoms with Gasteiger partial charge in [-0.1, -0.05) is 18.2 Å². The molecule has 0 radical (unpaired) electrons. The van der Waals surface area contributed by atoms with Crippen LogP contribution < -0.4 is 10.1 Å². The third-order valence-electron chi connectivity index (χ3n) is 5.00. The number of fused-ring (bicyclic) bond motifs is 2. The predicted octanol–water partition coefficient (Wildman–Crippen LogP) is 0.548. The summed E-state index contributed by atoms with van der Waals surface area (Å²) in [6, 6.07) is 7.12. The van der Waals surface area contributed by atoms with E-state index < -0.39 is 5.54 Å². The first-order valence-corrected chi connectivity index (χ1v) is 8.37. The van der Waals surface area contributed by atoms with Crippen molar-refractivity contribution in [3.63, 3.8) is 0 Å². The van der Waals surface area contributed by atoms with Crippen molar-refractivity contribution >= 4 is 11.9 Å². The maximum absolute atomic E-state index is 13.1. The van der Waals surface area contributed by atoms with Crippen molar-refractivity contribution in [1.29, 1.82) is 0 Å². The van der Waals surface area contributed by atoms with E-state index in [0.717, 1.165) is 18.7 Å². The highest BCUT2D eigenvalue weighted by Gasteiger charge is 2.54. The lowest BCUT2D eigenvalue weighted by Gasteiger charge is -2.33. The van der Waals surface area contributed by atoms with Crippen LogP contribution in [0.5, 0.6) is 5.75 Å². The second-order valence-electron chi connectivity index (χ2n) is 6.34. The number of para-hydroxylation sites is 1. The van der Waals surface area contributed by atoms with Crippen LogP contribution in [0.25, 0.3) is 0 Å². The first kappa shape index (κ1) is 15.4. The van der Waals surface area contributed by atoms with Gasteiger partial charge in [0.05, 0.1) is 19.8 Å². The van der Waals surface area contributed by atoms with Crippen LogP contribution in [0, 0.1) is 0 Å². The van der Waals surface area contributed by atoms with Crippen LogP contribution >= 0.6 is 0 Å². The first-order chi connectivity index (χ1) is 11.7. The zero-order valence-corrected chi connectivity index (χ0v) is 13.5. The highest BCUT2D eigenvalue weighted by Crippen LogP contribution is 2.40. The molecule has 1 aromatic rings. The monoisotopic (exact) mass is 331 g/mol. The minimum Gasteiger partial charge on any atom is -0.493 e. The molecule has 3 heterocycles. The topological polar surface area (TPSA) is 71.1 Å². The fourth-order valence-electron chi connectivity index (χ4n) is 3.64. The van der Waals surface area contributed by atoms with Gasteiger partial charge in [0.2, 0.25) is 0 Å². The number of morpholine rings is 1. The Bertz CT molecular complexity index is 659. The fourth-order valence-corrected chi connectivity index (χ4v) is 3.64. The van der Waals surface area contributed by atoms with Gasteiger partial charge in [-0.25, -0.2) is 4.79 Å². The number of nitrogens with one attached hydrogen (secondary N) is 1. The van der Waals surface area contributed by atoms with Crippen molar-refractivity contribution in [3.05, 3.63) is 29.8 Å². The number of ether oxygens (including phenoxy) is 2. The second kappa shape index (κ2) is 6.07. The van der Waals surface area contributed by atoms with Crippen molar-refractivity contribution in [1.82, 2.24) is 15.1 Å². The molecule has 0 aliphatic carbocycles. The molecule has 1 aromatic carbocycles. The summed E-state index contributed by atoms with van der Waals surface area (Å²) in [5.41, 5.74) is -0.222. The highest BCUT2D eigenvalue weighted by molar-refractivity contribution is 6.08. The van der Waals surface area contributed by atoms with Crippen LogP contribution in [-0.4, -0.2) is 67.7 Å². The maximum Gasteiger partial charge on any atom is 0.325 e. The predicted molar refractivity (Wildman–Crippen MR) is 85.7 cm³/mol. The van der Waals surface area contributed by atoms with Crippen LogP contribution in [0.3, 0.4) is 0 Å². The molecule has 2 saturated heterocycles. The number of hydrogen-bond acceptors (Lipinski definition) is 5. The van der Waals surface area contributed by atoms with Gasteiger partial charge in [-0.2, -0.15) is 0 Å². The number of amides is 3. The van der Waals surface area contributed by atoms with Crippen LogP contribution in [0.15, 0.2) is 24.3 Å². The van der Waals surface area contributed by atoms with Gasteiger partial charge in [-0.3, -0.25) is 14.6 Å². The number of benzene rings is 1. The third kappa shape index (κ3) is 2.44. The molecule has 3 aliphatic heterocycles. The molecule has 7 nitrogen and oxygen atoms in total. The van der Waals surface area contributed by atoms with Gasteiger partial charge in [-0.05, 0) is 6.07 Å². The normalized spacial score (nSPS) is 27.1. The SMILES string of the molecule is O=C1N[C@@]2(CCOc3ccccc32)C(=O)N1CCN1CCOCC1. The Labute approximate surface area is 140 Å². The van der Waals surface area contributed by atoms with Crippen molar-refractivity contribution < 1.29 is 19.1 Å². The number of imide groups is 1. The van der Waals surface area contributed by atoms with E-state index in [1.165, 1.54) is 4.90 Å². The molecular formula is C17H21N3O4. The standard InChI is InChI=1S/C17H21N3O4/c21-15-17(5-10-24-14-4-2-1-3-13(14)17)18-16(22)20(15)7-6-19-8-11-23-12-9-19/h1-4H,5-12H2,(H,18,22)/t17-/m1/s1. The van der Waals surface area contributed by atoms with Gasteiger partial charge < -0.3 is 14.8 Å². The Kier molecular flexibility index (Phi) is 3.90. The first-order valence-electron chi connectivity index (χ1n) is 8.37. The van der Waals surface area contributed by atoms with E-state index in [9.17, 15) is 9.59 Å².